The van der Waals surface area contributed by atoms with Gasteiger partial charge in [0.05, 0.1) is 0 Å². The zero-order valence-corrected chi connectivity index (χ0v) is 8.49. The van der Waals surface area contributed by atoms with E-state index in [-0.39, 0.29) is 0 Å². The van der Waals surface area contributed by atoms with E-state index >= 15 is 0 Å². The predicted octanol–water partition coefficient (Wildman–Crippen LogP) is 2.42. The highest BCUT2D eigenvalue weighted by molar-refractivity contribution is 4.97. The molecule has 1 aliphatic heterocycles. The van der Waals surface area contributed by atoms with Gasteiger partial charge in [0.15, 0.2) is 0 Å². The molecule has 0 aliphatic carbocycles. The SMILES string of the molecule is CC(C)(C)C1NCCC1(C)C. The van der Waals surface area contributed by atoms with Crippen molar-refractivity contribution in [3.8, 4) is 0 Å². The molecule has 1 aliphatic rings. The highest BCUT2D eigenvalue weighted by Gasteiger charge is 2.41. The summed E-state index contributed by atoms with van der Waals surface area (Å²) in [6, 6.07) is 0.676. The fourth-order valence-corrected chi connectivity index (χ4v) is 2.44. The van der Waals surface area contributed by atoms with Gasteiger partial charge in [0.2, 0.25) is 0 Å². The summed E-state index contributed by atoms with van der Waals surface area (Å²) in [5.74, 6) is 0. The summed E-state index contributed by atoms with van der Waals surface area (Å²) in [5.41, 5.74) is 0.887. The zero-order valence-electron chi connectivity index (χ0n) is 8.49. The van der Waals surface area contributed by atoms with Gasteiger partial charge in [0.1, 0.15) is 0 Å². The van der Waals surface area contributed by atoms with E-state index in [1.165, 1.54) is 13.0 Å². The standard InChI is InChI=1S/C10H21N/c1-9(2,3)8-10(4,5)6-7-11-8/h8,11H,6-7H2,1-5H3. The third kappa shape index (κ3) is 1.76. The van der Waals surface area contributed by atoms with Crippen LogP contribution in [0.2, 0.25) is 0 Å². The van der Waals surface area contributed by atoms with Gasteiger partial charge < -0.3 is 5.32 Å². The lowest BCUT2D eigenvalue weighted by Crippen LogP contribution is -2.43. The molecule has 0 aromatic heterocycles. The van der Waals surface area contributed by atoms with E-state index in [4.69, 9.17) is 0 Å². The van der Waals surface area contributed by atoms with Crippen LogP contribution in [-0.2, 0) is 0 Å². The first-order chi connectivity index (χ1) is 4.84. The summed E-state index contributed by atoms with van der Waals surface area (Å²) in [6.07, 6.45) is 1.31. The molecule has 1 heterocycles. The van der Waals surface area contributed by atoms with Crippen molar-refractivity contribution >= 4 is 0 Å². The molecule has 1 heteroatoms. The molecule has 1 N–H and O–H groups in total. The Kier molecular flexibility index (Phi) is 2.04. The average molecular weight is 155 g/mol. The van der Waals surface area contributed by atoms with Crippen molar-refractivity contribution in [1.29, 1.82) is 0 Å². The molecule has 0 aromatic carbocycles. The Bertz CT molecular complexity index is 141. The van der Waals surface area contributed by atoms with Gasteiger partial charge in [-0.3, -0.25) is 0 Å². The van der Waals surface area contributed by atoms with Crippen LogP contribution in [-0.4, -0.2) is 12.6 Å². The van der Waals surface area contributed by atoms with Gasteiger partial charge in [-0.25, -0.2) is 0 Å². The van der Waals surface area contributed by atoms with Crippen molar-refractivity contribution in [1.82, 2.24) is 5.32 Å². The maximum Gasteiger partial charge on any atom is 0.0167 e. The van der Waals surface area contributed by atoms with Crippen molar-refractivity contribution in [3.05, 3.63) is 0 Å². The quantitative estimate of drug-likeness (QED) is 0.566. The molecule has 0 radical (unpaired) electrons. The van der Waals surface area contributed by atoms with E-state index in [0.29, 0.717) is 16.9 Å². The minimum Gasteiger partial charge on any atom is -0.313 e. The Balaban J connectivity index is 2.73. The van der Waals surface area contributed by atoms with Gasteiger partial charge in [0, 0.05) is 6.04 Å². The van der Waals surface area contributed by atoms with Crippen LogP contribution >= 0.6 is 0 Å². The molecular weight excluding hydrogens is 134 g/mol. The third-order valence-electron chi connectivity index (χ3n) is 2.77. The topological polar surface area (TPSA) is 12.0 Å². The monoisotopic (exact) mass is 155 g/mol. The fraction of sp³-hybridized carbons (Fsp3) is 1.00. The van der Waals surface area contributed by atoms with E-state index in [9.17, 15) is 0 Å². The summed E-state index contributed by atoms with van der Waals surface area (Å²) in [7, 11) is 0. The lowest BCUT2D eigenvalue weighted by molar-refractivity contribution is 0.174. The molecule has 1 rings (SSSR count). The van der Waals surface area contributed by atoms with E-state index in [2.05, 4.69) is 39.9 Å². The van der Waals surface area contributed by atoms with Crippen LogP contribution in [0.4, 0.5) is 0 Å². The minimum atomic E-state index is 0.403. The molecule has 1 nitrogen and oxygen atoms in total. The van der Waals surface area contributed by atoms with Gasteiger partial charge in [-0.05, 0) is 23.8 Å². The zero-order chi connectivity index (χ0) is 8.70. The Morgan fingerprint density at radius 1 is 1.27 bits per heavy atom. The van der Waals surface area contributed by atoms with Gasteiger partial charge in [-0.1, -0.05) is 34.6 Å². The van der Waals surface area contributed by atoms with Crippen LogP contribution < -0.4 is 5.32 Å². The number of rotatable bonds is 0. The molecule has 1 atom stereocenters. The molecule has 1 saturated heterocycles. The van der Waals surface area contributed by atoms with Crippen molar-refractivity contribution in [2.24, 2.45) is 10.8 Å². The second-order valence-corrected chi connectivity index (χ2v) is 5.49. The molecule has 11 heavy (non-hydrogen) atoms. The summed E-state index contributed by atoms with van der Waals surface area (Å²) >= 11 is 0. The number of hydrogen-bond donors (Lipinski definition) is 1. The fourth-order valence-electron chi connectivity index (χ4n) is 2.44. The molecule has 0 bridgehead atoms. The van der Waals surface area contributed by atoms with Crippen LogP contribution in [0.25, 0.3) is 0 Å². The van der Waals surface area contributed by atoms with Crippen LogP contribution in [0.15, 0.2) is 0 Å². The molecule has 0 saturated carbocycles. The molecule has 66 valence electrons. The van der Waals surface area contributed by atoms with Crippen molar-refractivity contribution in [2.75, 3.05) is 6.54 Å². The first-order valence-corrected chi connectivity index (χ1v) is 4.57. The number of hydrogen-bond acceptors (Lipinski definition) is 1. The Labute approximate surface area is 70.6 Å². The smallest absolute Gasteiger partial charge is 0.0167 e. The highest BCUT2D eigenvalue weighted by atomic mass is 15.0. The summed E-state index contributed by atoms with van der Waals surface area (Å²) < 4.78 is 0. The van der Waals surface area contributed by atoms with Gasteiger partial charge in [-0.15, -0.1) is 0 Å². The molecular formula is C10H21N. The Morgan fingerprint density at radius 2 is 1.82 bits per heavy atom. The summed E-state index contributed by atoms with van der Waals surface area (Å²) in [5, 5.41) is 3.59. The van der Waals surface area contributed by atoms with Crippen molar-refractivity contribution in [3.63, 3.8) is 0 Å². The van der Waals surface area contributed by atoms with E-state index < -0.39 is 0 Å². The summed E-state index contributed by atoms with van der Waals surface area (Å²) in [6.45, 7) is 12.9. The second-order valence-electron chi connectivity index (χ2n) is 5.49. The molecule has 1 unspecified atom stereocenters. The van der Waals surface area contributed by atoms with E-state index in [0.717, 1.165) is 0 Å². The maximum atomic E-state index is 3.59. The maximum absolute atomic E-state index is 3.59. The normalized spacial score (nSPS) is 30.8. The highest BCUT2D eigenvalue weighted by Crippen LogP contribution is 2.39. The minimum absolute atomic E-state index is 0.403. The molecule has 0 amide bonds. The largest absolute Gasteiger partial charge is 0.313 e. The van der Waals surface area contributed by atoms with E-state index in [1.807, 2.05) is 0 Å². The van der Waals surface area contributed by atoms with E-state index in [1.54, 1.807) is 0 Å². The Morgan fingerprint density at radius 3 is 2.00 bits per heavy atom. The number of nitrogens with one attached hydrogen (secondary N) is 1. The van der Waals surface area contributed by atoms with Crippen molar-refractivity contribution < 1.29 is 0 Å². The van der Waals surface area contributed by atoms with Crippen LogP contribution in [0, 0.1) is 10.8 Å². The second kappa shape index (κ2) is 2.48. The summed E-state index contributed by atoms with van der Waals surface area (Å²) in [4.78, 5) is 0. The first kappa shape index (κ1) is 9.05. The van der Waals surface area contributed by atoms with Crippen LogP contribution in [0.1, 0.15) is 41.0 Å². The van der Waals surface area contributed by atoms with Gasteiger partial charge >= 0.3 is 0 Å². The molecule has 1 fully saturated rings. The Hall–Kier alpha value is -0.0400. The predicted molar refractivity (Wildman–Crippen MR) is 49.6 cm³/mol. The average Bonchev–Trinajstić information content (AvgIpc) is 2.06. The van der Waals surface area contributed by atoms with Crippen LogP contribution in [0.5, 0.6) is 0 Å². The lowest BCUT2D eigenvalue weighted by atomic mass is 9.72. The lowest BCUT2D eigenvalue weighted by Gasteiger charge is -2.37. The van der Waals surface area contributed by atoms with Crippen LogP contribution in [0.3, 0.4) is 0 Å². The van der Waals surface area contributed by atoms with Crippen molar-refractivity contribution in [2.45, 2.75) is 47.1 Å². The van der Waals surface area contributed by atoms with Gasteiger partial charge in [0.25, 0.3) is 0 Å². The first-order valence-electron chi connectivity index (χ1n) is 4.57. The molecule has 0 spiro atoms. The third-order valence-corrected chi connectivity index (χ3v) is 2.77. The molecule has 0 aromatic rings. The van der Waals surface area contributed by atoms with Gasteiger partial charge in [-0.2, -0.15) is 0 Å².